The number of hydrogen-bond acceptors (Lipinski definition) is 10. The molecule has 6 aromatic rings. The summed E-state index contributed by atoms with van der Waals surface area (Å²) in [7, 11) is 3.43. The summed E-state index contributed by atoms with van der Waals surface area (Å²) < 4.78 is 26.5. The Labute approximate surface area is 359 Å². The minimum atomic E-state index is -0.332. The Balaban J connectivity index is 1.12. The number of benzene rings is 3. The molecule has 6 aliphatic heterocycles. The van der Waals surface area contributed by atoms with Crippen molar-refractivity contribution in [1.29, 1.82) is 0 Å². The zero-order valence-corrected chi connectivity index (χ0v) is 36.2. The smallest absolute Gasteiger partial charge is 0.224 e. The summed E-state index contributed by atoms with van der Waals surface area (Å²) in [5, 5.41) is 2.06. The van der Waals surface area contributed by atoms with Gasteiger partial charge in [-0.1, -0.05) is 57.0 Å². The van der Waals surface area contributed by atoms with Crippen molar-refractivity contribution in [3.05, 3.63) is 108 Å². The van der Waals surface area contributed by atoms with Crippen LogP contribution >= 0.6 is 0 Å². The summed E-state index contributed by atoms with van der Waals surface area (Å²) in [6, 6.07) is 27.0. The maximum Gasteiger partial charge on any atom is 0.224 e. The molecule has 9 heterocycles. The lowest BCUT2D eigenvalue weighted by molar-refractivity contribution is -0.0516. The number of hydrogen-bond donors (Lipinski definition) is 0. The summed E-state index contributed by atoms with van der Waals surface area (Å²) >= 11 is 0. The van der Waals surface area contributed by atoms with Crippen LogP contribution in [0.2, 0.25) is 0 Å². The van der Waals surface area contributed by atoms with Gasteiger partial charge in [-0.15, -0.1) is 0 Å². The number of piperidine rings is 6. The van der Waals surface area contributed by atoms with Gasteiger partial charge in [0.15, 0.2) is 5.82 Å². The zero-order chi connectivity index (χ0) is 41.6. The summed E-state index contributed by atoms with van der Waals surface area (Å²) in [5.41, 5.74) is 5.68. The van der Waals surface area contributed by atoms with Crippen LogP contribution in [0.15, 0.2) is 91.3 Å². The highest BCUT2D eigenvalue weighted by Crippen LogP contribution is 2.48. The van der Waals surface area contributed by atoms with Crippen molar-refractivity contribution >= 4 is 21.8 Å². The van der Waals surface area contributed by atoms with Gasteiger partial charge < -0.3 is 18.9 Å². The van der Waals surface area contributed by atoms with Gasteiger partial charge in [-0.2, -0.15) is 9.97 Å². The van der Waals surface area contributed by atoms with Crippen molar-refractivity contribution < 1.29 is 18.9 Å². The van der Waals surface area contributed by atoms with E-state index in [0.717, 1.165) is 94.6 Å². The molecule has 0 radical (unpaired) electrons. The summed E-state index contributed by atoms with van der Waals surface area (Å²) in [6.45, 7) is 11.0. The molecule has 10 nitrogen and oxygen atoms in total. The van der Waals surface area contributed by atoms with Crippen molar-refractivity contribution in [2.75, 3.05) is 40.4 Å². The monoisotopic (exact) mass is 818 g/mol. The third-order valence-electron chi connectivity index (χ3n) is 14.8. The molecule has 8 unspecified atom stereocenters. The number of pyridine rings is 2. The van der Waals surface area contributed by atoms with E-state index in [2.05, 4.69) is 67.0 Å². The molecule has 6 fully saturated rings. The lowest BCUT2D eigenvalue weighted by Gasteiger charge is -2.52. The first kappa shape index (κ1) is 39.8. The highest BCUT2D eigenvalue weighted by atomic mass is 16.5. The summed E-state index contributed by atoms with van der Waals surface area (Å²) in [4.78, 5) is 25.5. The Morgan fingerprint density at radius 2 is 1.13 bits per heavy atom. The van der Waals surface area contributed by atoms with E-state index in [9.17, 15) is 0 Å². The maximum absolute atomic E-state index is 7.51. The fourth-order valence-corrected chi connectivity index (χ4v) is 11.3. The molecule has 316 valence electrons. The highest BCUT2D eigenvalue weighted by Gasteiger charge is 2.46. The van der Waals surface area contributed by atoms with E-state index in [1.807, 2.05) is 54.9 Å². The van der Waals surface area contributed by atoms with Crippen LogP contribution in [0.25, 0.3) is 33.2 Å². The zero-order valence-electron chi connectivity index (χ0n) is 36.2. The molecule has 6 saturated heterocycles. The third-order valence-corrected chi connectivity index (χ3v) is 14.8. The fraction of sp³-hybridized carbons (Fsp3) is 0.451. The van der Waals surface area contributed by atoms with Gasteiger partial charge in [-0.3, -0.25) is 19.8 Å². The molecule has 0 saturated carbocycles. The van der Waals surface area contributed by atoms with E-state index in [4.69, 9.17) is 38.9 Å². The lowest BCUT2D eigenvalue weighted by atomic mass is 9.72. The molecule has 0 N–H and O–H groups in total. The predicted octanol–water partition coefficient (Wildman–Crippen LogP) is 10.0. The molecule has 0 amide bonds. The average Bonchev–Trinajstić information content (AvgIpc) is 3.33. The van der Waals surface area contributed by atoms with E-state index in [1.54, 1.807) is 14.2 Å². The second-order valence-electron chi connectivity index (χ2n) is 17.8. The molecule has 3 aromatic heterocycles. The summed E-state index contributed by atoms with van der Waals surface area (Å²) in [6.07, 6.45) is 10.1. The van der Waals surface area contributed by atoms with E-state index >= 15 is 0 Å². The van der Waals surface area contributed by atoms with Crippen LogP contribution in [0.3, 0.4) is 0 Å². The molecule has 3 aromatic carbocycles. The van der Waals surface area contributed by atoms with E-state index < -0.39 is 0 Å². The molecule has 10 heteroatoms. The van der Waals surface area contributed by atoms with Gasteiger partial charge in [0.25, 0.3) is 0 Å². The Morgan fingerprint density at radius 1 is 0.639 bits per heavy atom. The first-order valence-electron chi connectivity index (χ1n) is 22.5. The SMILES string of the molecule is CCC1CN2CCC1CC2[C@@H](Oc1nc(-c2ccccc2)nc(O[C@@H](c2ccnc3ccc(OC)cc23)C2CC3CCN2CC3CC)c1C)c1ccnc2ccc(OC)cc12. The van der Waals surface area contributed by atoms with Gasteiger partial charge in [0.2, 0.25) is 11.8 Å². The van der Waals surface area contributed by atoms with Gasteiger partial charge in [-0.05, 0) is 118 Å². The topological polar surface area (TPSA) is 95.0 Å². The van der Waals surface area contributed by atoms with Crippen molar-refractivity contribution in [1.82, 2.24) is 29.7 Å². The van der Waals surface area contributed by atoms with Crippen LogP contribution < -0.4 is 18.9 Å². The Bertz CT molecular complexity index is 2370. The summed E-state index contributed by atoms with van der Waals surface area (Å²) in [5.74, 6) is 5.94. The molecule has 0 spiro atoms. The van der Waals surface area contributed by atoms with Crippen molar-refractivity contribution in [3.8, 4) is 34.6 Å². The van der Waals surface area contributed by atoms with E-state index in [1.165, 1.54) is 25.7 Å². The molecular formula is C51H58N6O4. The maximum atomic E-state index is 7.51. The number of aromatic nitrogens is 4. The molecule has 10 atom stereocenters. The number of nitrogens with zero attached hydrogens (tertiary/aromatic N) is 6. The van der Waals surface area contributed by atoms with Gasteiger partial charge in [-0.25, -0.2) is 0 Å². The molecule has 61 heavy (non-hydrogen) atoms. The number of fused-ring (bicyclic) bond motifs is 8. The number of methoxy groups -OCH3 is 2. The minimum Gasteiger partial charge on any atom is -0.497 e. The molecular weight excluding hydrogens is 761 g/mol. The van der Waals surface area contributed by atoms with Crippen LogP contribution in [0.5, 0.6) is 23.3 Å². The second kappa shape index (κ2) is 16.9. The molecule has 4 bridgehead atoms. The Morgan fingerprint density at radius 3 is 1.56 bits per heavy atom. The van der Waals surface area contributed by atoms with Crippen LogP contribution in [-0.4, -0.2) is 82.2 Å². The predicted molar refractivity (Wildman–Crippen MR) is 239 cm³/mol. The largest absolute Gasteiger partial charge is 0.497 e. The van der Waals surface area contributed by atoms with Crippen LogP contribution in [0.1, 0.15) is 81.3 Å². The van der Waals surface area contributed by atoms with Crippen molar-refractivity contribution in [2.45, 2.75) is 83.6 Å². The highest BCUT2D eigenvalue weighted by molar-refractivity contribution is 5.85. The van der Waals surface area contributed by atoms with Crippen molar-refractivity contribution in [2.24, 2.45) is 23.7 Å². The quantitative estimate of drug-likeness (QED) is 0.112. The standard InChI is InChI=1S/C51H58N6O4/c1-6-32-29-56-23-19-35(32)25-45(56)47(39-17-21-52-43-15-13-37(58-4)27-41(39)43)60-50-31(3)51(55-49(54-50)34-11-9-8-10-12-34)61-48(46-26-36-20-24-57(46)30-33(36)7-2)40-18-22-53-44-16-14-38(59-5)28-42(40)44/h8-18,21-22,27-28,32-33,35-36,45-48H,6-7,19-20,23-26,29-30H2,1-5H3/t32?,33?,35?,36?,45?,46?,47-,48-/m0/s1. The van der Waals surface area contributed by atoms with Gasteiger partial charge in [0.05, 0.1) is 42.9 Å². The lowest BCUT2D eigenvalue weighted by Crippen LogP contribution is -2.56. The third kappa shape index (κ3) is 7.45. The van der Waals surface area contributed by atoms with Crippen molar-refractivity contribution in [3.63, 3.8) is 0 Å². The number of rotatable bonds is 13. The molecule has 6 aliphatic rings. The van der Waals surface area contributed by atoms with Crippen LogP contribution in [0.4, 0.5) is 0 Å². The van der Waals surface area contributed by atoms with Gasteiger partial charge >= 0.3 is 0 Å². The molecule has 12 rings (SSSR count). The van der Waals surface area contributed by atoms with Crippen LogP contribution in [-0.2, 0) is 0 Å². The first-order valence-corrected chi connectivity index (χ1v) is 22.5. The number of ether oxygens (including phenoxy) is 4. The normalized spacial score (nSPS) is 26.6. The Kier molecular flexibility index (Phi) is 11.0. The minimum absolute atomic E-state index is 0.153. The van der Waals surface area contributed by atoms with E-state index in [-0.39, 0.29) is 24.3 Å². The van der Waals surface area contributed by atoms with Gasteiger partial charge in [0.1, 0.15) is 23.7 Å². The Hall–Kier alpha value is -5.32. The van der Waals surface area contributed by atoms with E-state index in [0.29, 0.717) is 41.3 Å². The first-order chi connectivity index (χ1) is 29.9. The molecule has 0 aliphatic carbocycles. The second-order valence-corrected chi connectivity index (χ2v) is 17.8. The average molecular weight is 819 g/mol. The fourth-order valence-electron chi connectivity index (χ4n) is 11.3. The van der Waals surface area contributed by atoms with Crippen LogP contribution in [0, 0.1) is 30.6 Å². The van der Waals surface area contributed by atoms with Gasteiger partial charge in [0, 0.05) is 52.9 Å².